The molecular formula is C30H41F3. The van der Waals surface area contributed by atoms with E-state index in [4.69, 9.17) is 0 Å². The van der Waals surface area contributed by atoms with Gasteiger partial charge in [-0.25, -0.2) is 0 Å². The maximum absolute atomic E-state index is 12.6. The van der Waals surface area contributed by atoms with Crippen molar-refractivity contribution in [1.82, 2.24) is 0 Å². The van der Waals surface area contributed by atoms with Crippen molar-refractivity contribution in [2.24, 2.45) is 23.7 Å². The van der Waals surface area contributed by atoms with Crippen LogP contribution in [0.5, 0.6) is 0 Å². The molecule has 0 aromatic heterocycles. The lowest BCUT2D eigenvalue weighted by molar-refractivity contribution is -0.137. The van der Waals surface area contributed by atoms with Gasteiger partial charge in [0.05, 0.1) is 5.56 Å². The third kappa shape index (κ3) is 9.23. The molecule has 0 radical (unpaired) electrons. The smallest absolute Gasteiger partial charge is 0.166 e. The first-order valence-electron chi connectivity index (χ1n) is 13.3. The van der Waals surface area contributed by atoms with Crippen LogP contribution < -0.4 is 0 Å². The zero-order valence-electron chi connectivity index (χ0n) is 20.3. The van der Waals surface area contributed by atoms with Crippen LogP contribution in [0.2, 0.25) is 0 Å². The fourth-order valence-corrected chi connectivity index (χ4v) is 5.68. The molecule has 33 heavy (non-hydrogen) atoms. The van der Waals surface area contributed by atoms with Crippen molar-refractivity contribution >= 4 is 0 Å². The van der Waals surface area contributed by atoms with Crippen LogP contribution in [-0.4, -0.2) is 0 Å². The maximum atomic E-state index is 12.6. The largest absolute Gasteiger partial charge is 0.416 e. The minimum atomic E-state index is -4.29. The summed E-state index contributed by atoms with van der Waals surface area (Å²) in [6.45, 7) is 2.29. The van der Waals surface area contributed by atoms with Crippen LogP contribution in [-0.2, 0) is 6.18 Å². The van der Waals surface area contributed by atoms with E-state index < -0.39 is 11.7 Å². The zero-order chi connectivity index (χ0) is 23.5. The lowest BCUT2D eigenvalue weighted by Crippen LogP contribution is -2.17. The molecular weight excluding hydrogens is 417 g/mol. The van der Waals surface area contributed by atoms with E-state index in [1.54, 1.807) is 0 Å². The summed E-state index contributed by atoms with van der Waals surface area (Å²) in [6.07, 6.45) is 19.3. The molecule has 0 spiro atoms. The molecule has 182 valence electrons. The highest BCUT2D eigenvalue weighted by Crippen LogP contribution is 2.38. The Morgan fingerprint density at radius 3 is 1.88 bits per heavy atom. The van der Waals surface area contributed by atoms with Crippen molar-refractivity contribution in [1.29, 1.82) is 0 Å². The van der Waals surface area contributed by atoms with Gasteiger partial charge < -0.3 is 0 Å². The maximum Gasteiger partial charge on any atom is 0.416 e. The summed E-state index contributed by atoms with van der Waals surface area (Å²) in [6, 6.07) is 5.06. The fourth-order valence-electron chi connectivity index (χ4n) is 5.68. The van der Waals surface area contributed by atoms with Gasteiger partial charge in [-0.3, -0.25) is 0 Å². The summed E-state index contributed by atoms with van der Waals surface area (Å²) in [4.78, 5) is 0. The lowest BCUT2D eigenvalue weighted by Gasteiger charge is -2.31. The second-order valence-electron chi connectivity index (χ2n) is 10.4. The van der Waals surface area contributed by atoms with Crippen LogP contribution in [0.15, 0.2) is 36.4 Å². The van der Waals surface area contributed by atoms with Crippen LogP contribution in [0, 0.1) is 35.5 Å². The van der Waals surface area contributed by atoms with E-state index in [0.717, 1.165) is 29.9 Å². The van der Waals surface area contributed by atoms with Crippen molar-refractivity contribution in [2.45, 2.75) is 103 Å². The number of benzene rings is 1. The van der Waals surface area contributed by atoms with Gasteiger partial charge in [0.2, 0.25) is 0 Å². The average Bonchev–Trinajstić information content (AvgIpc) is 2.82. The van der Waals surface area contributed by atoms with Crippen LogP contribution >= 0.6 is 0 Å². The van der Waals surface area contributed by atoms with Crippen molar-refractivity contribution in [3.8, 4) is 11.8 Å². The van der Waals surface area contributed by atoms with Gasteiger partial charge in [-0.2, -0.15) is 13.2 Å². The molecule has 0 N–H and O–H groups in total. The number of hydrogen-bond donors (Lipinski definition) is 0. The van der Waals surface area contributed by atoms with Gasteiger partial charge >= 0.3 is 6.18 Å². The van der Waals surface area contributed by atoms with Crippen molar-refractivity contribution in [3.63, 3.8) is 0 Å². The monoisotopic (exact) mass is 458 g/mol. The molecule has 0 heterocycles. The number of halogens is 3. The molecule has 0 bridgehead atoms. The van der Waals surface area contributed by atoms with E-state index >= 15 is 0 Å². The summed E-state index contributed by atoms with van der Waals surface area (Å²) in [7, 11) is 0. The highest BCUT2D eigenvalue weighted by molar-refractivity contribution is 5.39. The van der Waals surface area contributed by atoms with Gasteiger partial charge in [0.25, 0.3) is 0 Å². The predicted octanol–water partition coefficient (Wildman–Crippen LogP) is 9.59. The number of allylic oxidation sites excluding steroid dienone is 2. The summed E-state index contributed by atoms with van der Waals surface area (Å²) >= 11 is 0. The zero-order valence-corrected chi connectivity index (χ0v) is 20.3. The molecule has 2 fully saturated rings. The first-order chi connectivity index (χ1) is 15.9. The molecule has 2 aliphatic carbocycles. The van der Waals surface area contributed by atoms with Gasteiger partial charge in [0.1, 0.15) is 0 Å². The molecule has 0 amide bonds. The number of rotatable bonds is 8. The van der Waals surface area contributed by atoms with E-state index in [-0.39, 0.29) is 0 Å². The Morgan fingerprint density at radius 2 is 1.33 bits per heavy atom. The Bertz CT molecular complexity index is 761. The van der Waals surface area contributed by atoms with E-state index in [1.165, 1.54) is 102 Å². The Kier molecular flexibility index (Phi) is 10.4. The van der Waals surface area contributed by atoms with Crippen LogP contribution in [0.1, 0.15) is 108 Å². The molecule has 0 unspecified atom stereocenters. The van der Waals surface area contributed by atoms with Crippen molar-refractivity contribution in [2.75, 3.05) is 0 Å². The molecule has 2 aliphatic rings. The number of alkyl halides is 3. The molecule has 3 rings (SSSR count). The minimum absolute atomic E-state index is 0.599. The molecule has 0 nitrogen and oxygen atoms in total. The first-order valence-corrected chi connectivity index (χ1v) is 13.3. The van der Waals surface area contributed by atoms with E-state index in [9.17, 15) is 13.2 Å². The highest BCUT2D eigenvalue weighted by Gasteiger charge is 2.29. The van der Waals surface area contributed by atoms with E-state index in [1.807, 2.05) is 6.08 Å². The summed E-state index contributed by atoms with van der Waals surface area (Å²) in [5.74, 6) is 9.42. The first kappa shape index (κ1) is 25.9. The third-order valence-corrected chi connectivity index (χ3v) is 7.94. The summed E-state index contributed by atoms with van der Waals surface area (Å²) in [5.41, 5.74) is -0.0122. The van der Waals surface area contributed by atoms with Gasteiger partial charge in [-0.1, -0.05) is 89.0 Å². The van der Waals surface area contributed by atoms with E-state index in [0.29, 0.717) is 11.5 Å². The Hall–Kier alpha value is -1.69. The molecule has 0 aliphatic heterocycles. The molecule has 0 saturated heterocycles. The number of unbranched alkanes of at least 4 members (excludes halogenated alkanes) is 2. The summed E-state index contributed by atoms with van der Waals surface area (Å²) < 4.78 is 37.9. The van der Waals surface area contributed by atoms with Crippen LogP contribution in [0.3, 0.4) is 0 Å². The molecule has 1 aromatic carbocycles. The quantitative estimate of drug-likeness (QED) is 0.269. The molecule has 0 atom stereocenters. The minimum Gasteiger partial charge on any atom is -0.166 e. The second-order valence-corrected chi connectivity index (χ2v) is 10.4. The average molecular weight is 459 g/mol. The lowest BCUT2D eigenvalue weighted by atomic mass is 9.75. The standard InChI is InChI=1S/C30H41F3/c1-2-3-4-7-24-10-14-27(15-11-24)18-19-28-16-12-25(13-17-28)8-5-6-9-26-20-22-29(23-21-26)30(31,32)33/h5,8,20-25,27-28H,2-4,7,10-19H2,1H3/b8-5+. The Labute approximate surface area is 199 Å². The second kappa shape index (κ2) is 13.3. The number of hydrogen-bond acceptors (Lipinski definition) is 0. The Morgan fingerprint density at radius 1 is 0.788 bits per heavy atom. The molecule has 3 heteroatoms. The van der Waals surface area contributed by atoms with Crippen molar-refractivity contribution < 1.29 is 13.2 Å². The Balaban J connectivity index is 1.30. The normalized spacial score (nSPS) is 26.2. The van der Waals surface area contributed by atoms with Crippen LogP contribution in [0.4, 0.5) is 13.2 Å². The highest BCUT2D eigenvalue weighted by atomic mass is 19.4. The fraction of sp³-hybridized carbons (Fsp3) is 0.667. The van der Waals surface area contributed by atoms with Crippen LogP contribution in [0.25, 0.3) is 0 Å². The molecule has 2 saturated carbocycles. The van der Waals surface area contributed by atoms with E-state index in [2.05, 4.69) is 24.8 Å². The SMILES string of the molecule is CCCCCC1CCC(CCC2CCC(/C=C/C#Cc3ccc(C(F)(F)F)cc3)CC2)CC1. The summed E-state index contributed by atoms with van der Waals surface area (Å²) in [5, 5.41) is 0. The predicted molar refractivity (Wildman–Crippen MR) is 132 cm³/mol. The van der Waals surface area contributed by atoms with Gasteiger partial charge in [-0.15, -0.1) is 0 Å². The molecule has 1 aromatic rings. The topological polar surface area (TPSA) is 0 Å². The van der Waals surface area contributed by atoms with Gasteiger partial charge in [-0.05, 0) is 79.7 Å². The third-order valence-electron chi connectivity index (χ3n) is 7.94. The van der Waals surface area contributed by atoms with Gasteiger partial charge in [0, 0.05) is 5.56 Å². The van der Waals surface area contributed by atoms with Crippen molar-refractivity contribution in [3.05, 3.63) is 47.5 Å². The van der Waals surface area contributed by atoms with Gasteiger partial charge in [0.15, 0.2) is 0 Å².